The van der Waals surface area contributed by atoms with Gasteiger partial charge >= 0.3 is 6.03 Å². The summed E-state index contributed by atoms with van der Waals surface area (Å²) in [5, 5.41) is 2.11. The number of primary amides is 1. The summed E-state index contributed by atoms with van der Waals surface area (Å²) in [7, 11) is 0. The van der Waals surface area contributed by atoms with Crippen molar-refractivity contribution >= 4 is 23.5 Å². The highest BCUT2D eigenvalue weighted by atomic mass is 35.5. The SMILES string of the molecule is CC1(C)CC([C@@H](c2ccc(F)c(Cl)c2F)C2C(=O)NCCN2C(N)=O)C1. The number of benzene rings is 1. The molecule has 0 radical (unpaired) electrons. The maximum atomic E-state index is 14.8. The molecule has 1 aliphatic carbocycles. The summed E-state index contributed by atoms with van der Waals surface area (Å²) in [6.07, 6.45) is 1.50. The number of rotatable bonds is 3. The number of piperazine rings is 1. The van der Waals surface area contributed by atoms with E-state index in [1.807, 2.05) is 0 Å². The minimum atomic E-state index is -0.946. The monoisotopic (exact) mass is 385 g/mol. The Balaban J connectivity index is 2.08. The topological polar surface area (TPSA) is 75.4 Å². The van der Waals surface area contributed by atoms with Crippen LogP contribution in [0.25, 0.3) is 0 Å². The molecule has 0 bridgehead atoms. The van der Waals surface area contributed by atoms with Gasteiger partial charge in [0, 0.05) is 19.0 Å². The molecule has 3 amide bonds. The zero-order valence-electron chi connectivity index (χ0n) is 14.7. The molecule has 8 heteroatoms. The van der Waals surface area contributed by atoms with Gasteiger partial charge < -0.3 is 16.0 Å². The molecule has 0 aromatic heterocycles. The van der Waals surface area contributed by atoms with Gasteiger partial charge in [-0.15, -0.1) is 0 Å². The molecule has 1 saturated carbocycles. The fraction of sp³-hybridized carbons (Fsp3) is 0.556. The third kappa shape index (κ3) is 3.24. The van der Waals surface area contributed by atoms with E-state index < -0.39 is 34.6 Å². The predicted molar refractivity (Wildman–Crippen MR) is 93.7 cm³/mol. The Hall–Kier alpha value is -1.89. The number of urea groups is 1. The average molecular weight is 386 g/mol. The van der Waals surface area contributed by atoms with Crippen molar-refractivity contribution in [3.8, 4) is 0 Å². The Morgan fingerprint density at radius 1 is 1.38 bits per heavy atom. The van der Waals surface area contributed by atoms with Crippen LogP contribution >= 0.6 is 11.6 Å². The summed E-state index contributed by atoms with van der Waals surface area (Å²) in [4.78, 5) is 25.8. The Kier molecular flexibility index (Phi) is 4.86. The van der Waals surface area contributed by atoms with E-state index >= 15 is 0 Å². The van der Waals surface area contributed by atoms with Gasteiger partial charge in [-0.1, -0.05) is 31.5 Å². The normalized spacial score (nSPS) is 24.0. The summed E-state index contributed by atoms with van der Waals surface area (Å²) in [6.45, 7) is 4.70. The van der Waals surface area contributed by atoms with Crippen molar-refractivity contribution in [2.75, 3.05) is 13.1 Å². The molecule has 1 aliphatic heterocycles. The maximum absolute atomic E-state index is 14.8. The van der Waals surface area contributed by atoms with Crippen molar-refractivity contribution in [2.24, 2.45) is 17.1 Å². The molecule has 1 saturated heterocycles. The first-order valence-electron chi connectivity index (χ1n) is 8.59. The summed E-state index contributed by atoms with van der Waals surface area (Å²) in [5.74, 6) is -2.82. The first-order valence-corrected chi connectivity index (χ1v) is 8.97. The smallest absolute Gasteiger partial charge is 0.315 e. The number of nitrogens with two attached hydrogens (primary N) is 1. The molecule has 26 heavy (non-hydrogen) atoms. The summed E-state index contributed by atoms with van der Waals surface area (Å²) in [6, 6.07) is 0.723. The lowest BCUT2D eigenvalue weighted by atomic mass is 9.57. The minimum absolute atomic E-state index is 0.0447. The van der Waals surface area contributed by atoms with E-state index in [1.54, 1.807) is 0 Å². The molecular formula is C18H22ClF2N3O2. The quantitative estimate of drug-likeness (QED) is 0.785. The van der Waals surface area contributed by atoms with Crippen LogP contribution in [0.1, 0.15) is 38.2 Å². The van der Waals surface area contributed by atoms with Gasteiger partial charge in [-0.3, -0.25) is 4.79 Å². The first-order chi connectivity index (χ1) is 12.1. The van der Waals surface area contributed by atoms with Crippen LogP contribution in [0.4, 0.5) is 13.6 Å². The van der Waals surface area contributed by atoms with Gasteiger partial charge in [0.25, 0.3) is 0 Å². The molecule has 1 heterocycles. The van der Waals surface area contributed by atoms with Gasteiger partial charge in [0.1, 0.15) is 22.7 Å². The van der Waals surface area contributed by atoms with Crippen LogP contribution in [0.15, 0.2) is 12.1 Å². The summed E-state index contributed by atoms with van der Waals surface area (Å²) in [5.41, 5.74) is 5.67. The van der Waals surface area contributed by atoms with Crippen LogP contribution in [0.3, 0.4) is 0 Å². The maximum Gasteiger partial charge on any atom is 0.315 e. The van der Waals surface area contributed by atoms with E-state index in [0.717, 1.165) is 18.9 Å². The van der Waals surface area contributed by atoms with Gasteiger partial charge in [-0.05, 0) is 35.8 Å². The number of halogens is 3. The van der Waals surface area contributed by atoms with Gasteiger partial charge in [0.15, 0.2) is 0 Å². The third-order valence-corrected chi connectivity index (χ3v) is 5.79. The van der Waals surface area contributed by atoms with Crippen molar-refractivity contribution in [3.63, 3.8) is 0 Å². The molecule has 3 rings (SSSR count). The molecule has 1 aromatic carbocycles. The number of amides is 3. The minimum Gasteiger partial charge on any atom is -0.353 e. The lowest BCUT2D eigenvalue weighted by Gasteiger charge is -2.50. The number of carbonyl (C=O) groups excluding carboxylic acids is 2. The van der Waals surface area contributed by atoms with Crippen LogP contribution in [-0.4, -0.2) is 36.0 Å². The summed E-state index contributed by atoms with van der Waals surface area (Å²) < 4.78 is 28.4. The number of hydrogen-bond donors (Lipinski definition) is 2. The van der Waals surface area contributed by atoms with E-state index in [-0.39, 0.29) is 35.9 Å². The lowest BCUT2D eigenvalue weighted by molar-refractivity contribution is -0.130. The Morgan fingerprint density at radius 2 is 2.04 bits per heavy atom. The second kappa shape index (κ2) is 6.68. The Labute approximate surface area is 155 Å². The van der Waals surface area contributed by atoms with Crippen LogP contribution < -0.4 is 11.1 Å². The highest BCUT2D eigenvalue weighted by Gasteiger charge is 2.49. The van der Waals surface area contributed by atoms with Crippen molar-refractivity contribution < 1.29 is 18.4 Å². The molecular weight excluding hydrogens is 364 g/mol. The van der Waals surface area contributed by atoms with Gasteiger partial charge in [0.05, 0.1) is 0 Å². The second-order valence-electron chi connectivity index (χ2n) is 7.89. The highest BCUT2D eigenvalue weighted by Crippen LogP contribution is 2.53. The van der Waals surface area contributed by atoms with E-state index in [0.29, 0.717) is 0 Å². The van der Waals surface area contributed by atoms with Crippen LogP contribution in [0.2, 0.25) is 5.02 Å². The van der Waals surface area contributed by atoms with Gasteiger partial charge in [-0.2, -0.15) is 0 Å². The molecule has 142 valence electrons. The molecule has 0 spiro atoms. The second-order valence-corrected chi connectivity index (χ2v) is 8.27. The van der Waals surface area contributed by atoms with Crippen LogP contribution in [-0.2, 0) is 4.79 Å². The fourth-order valence-electron chi connectivity index (χ4n) is 4.38. The molecule has 1 unspecified atom stereocenters. The number of carbonyl (C=O) groups is 2. The first kappa shape index (κ1) is 18.9. The molecule has 2 fully saturated rings. The lowest BCUT2D eigenvalue weighted by Crippen LogP contribution is -2.62. The predicted octanol–water partition coefficient (Wildman–Crippen LogP) is 3.02. The van der Waals surface area contributed by atoms with E-state index in [9.17, 15) is 18.4 Å². The van der Waals surface area contributed by atoms with Crippen molar-refractivity contribution in [1.82, 2.24) is 10.2 Å². The molecule has 2 atom stereocenters. The van der Waals surface area contributed by atoms with Crippen molar-refractivity contribution in [1.29, 1.82) is 0 Å². The van der Waals surface area contributed by atoms with Crippen molar-refractivity contribution in [2.45, 2.75) is 38.6 Å². The Bertz CT molecular complexity index is 748. The number of nitrogens with one attached hydrogen (secondary N) is 1. The van der Waals surface area contributed by atoms with Gasteiger partial charge in [0.2, 0.25) is 5.91 Å². The molecule has 3 N–H and O–H groups in total. The summed E-state index contributed by atoms with van der Waals surface area (Å²) >= 11 is 5.77. The zero-order chi connectivity index (χ0) is 19.2. The highest BCUT2D eigenvalue weighted by molar-refractivity contribution is 6.31. The fourth-order valence-corrected chi connectivity index (χ4v) is 4.55. The van der Waals surface area contributed by atoms with Gasteiger partial charge in [-0.25, -0.2) is 13.6 Å². The van der Waals surface area contributed by atoms with Crippen LogP contribution in [0, 0.1) is 23.0 Å². The third-order valence-electron chi connectivity index (χ3n) is 5.44. The molecule has 5 nitrogen and oxygen atoms in total. The average Bonchev–Trinajstić information content (AvgIpc) is 2.54. The standard InChI is InChI=1S/C18H22ClF2N3O2/c1-18(2)7-9(8-18)12(10-3-4-11(20)13(19)14(10)21)15-16(25)23-5-6-24(15)17(22)26/h3-4,9,12,15H,5-8H2,1-2H3,(H2,22,26)(H,23,25)/t12-,15?/m0/s1. The largest absolute Gasteiger partial charge is 0.353 e. The Morgan fingerprint density at radius 3 is 2.62 bits per heavy atom. The molecule has 1 aromatic rings. The van der Waals surface area contributed by atoms with Crippen molar-refractivity contribution in [3.05, 3.63) is 34.4 Å². The molecule has 2 aliphatic rings. The van der Waals surface area contributed by atoms with E-state index in [4.69, 9.17) is 17.3 Å². The van der Waals surface area contributed by atoms with Crippen LogP contribution in [0.5, 0.6) is 0 Å². The van der Waals surface area contributed by atoms with E-state index in [2.05, 4.69) is 19.2 Å². The number of nitrogens with zero attached hydrogens (tertiary/aromatic N) is 1. The zero-order valence-corrected chi connectivity index (χ0v) is 15.4. The van der Waals surface area contributed by atoms with E-state index in [1.165, 1.54) is 11.0 Å². The number of hydrogen-bond acceptors (Lipinski definition) is 2.